The monoisotopic (exact) mass is 250 g/mol. The normalized spacial score (nSPS) is 10.8. The molecule has 0 saturated heterocycles. The molecule has 0 atom stereocenters. The molecular formula is C9H21Sb. The quantitative estimate of drug-likeness (QED) is 0.631. The van der Waals surface area contributed by atoms with Crippen LogP contribution in [-0.4, -0.2) is 20.2 Å². The summed E-state index contributed by atoms with van der Waals surface area (Å²) in [6.45, 7) is 7.01. The zero-order chi connectivity index (χ0) is 7.82. The maximum absolute atomic E-state index is 2.34. The first-order chi connectivity index (χ1) is 4.85. The molecule has 0 aromatic heterocycles. The molecule has 0 saturated carbocycles. The molecule has 0 bridgehead atoms. The van der Waals surface area contributed by atoms with Crippen molar-refractivity contribution in [1.29, 1.82) is 0 Å². The van der Waals surface area contributed by atoms with Crippen molar-refractivity contribution < 1.29 is 0 Å². The fourth-order valence-corrected chi connectivity index (χ4v) is 8.61. The van der Waals surface area contributed by atoms with Gasteiger partial charge >= 0.3 is 73.3 Å². The van der Waals surface area contributed by atoms with Crippen LogP contribution >= 0.6 is 0 Å². The Bertz CT molecular complexity index is 47.5. The molecule has 0 aliphatic rings. The molecule has 10 heavy (non-hydrogen) atoms. The van der Waals surface area contributed by atoms with Gasteiger partial charge in [-0.3, -0.25) is 0 Å². The first kappa shape index (κ1) is 10.8. The zero-order valence-electron chi connectivity index (χ0n) is 7.69. The Morgan fingerprint density at radius 2 is 1.00 bits per heavy atom. The third kappa shape index (κ3) is 5.59. The summed E-state index contributed by atoms with van der Waals surface area (Å²) in [4.78, 5) is 0. The molecule has 1 heteroatoms. The molecule has 62 valence electrons. The maximum atomic E-state index is 2.34. The van der Waals surface area contributed by atoms with Gasteiger partial charge in [0.2, 0.25) is 0 Å². The molecule has 0 radical (unpaired) electrons. The van der Waals surface area contributed by atoms with E-state index in [1.54, 1.807) is 13.1 Å². The summed E-state index contributed by atoms with van der Waals surface area (Å²) in [7, 11) is 0. The van der Waals surface area contributed by atoms with E-state index in [0.29, 0.717) is 0 Å². The Morgan fingerprint density at radius 3 is 1.20 bits per heavy atom. The van der Waals surface area contributed by atoms with Crippen molar-refractivity contribution >= 4 is 20.2 Å². The van der Waals surface area contributed by atoms with Gasteiger partial charge in [0.1, 0.15) is 0 Å². The molecule has 0 unspecified atom stereocenters. The van der Waals surface area contributed by atoms with E-state index in [2.05, 4.69) is 20.8 Å². The van der Waals surface area contributed by atoms with Crippen molar-refractivity contribution in [3.05, 3.63) is 0 Å². The van der Waals surface area contributed by atoms with Gasteiger partial charge in [-0.05, 0) is 0 Å². The van der Waals surface area contributed by atoms with Gasteiger partial charge < -0.3 is 0 Å². The van der Waals surface area contributed by atoms with E-state index >= 15 is 0 Å². The van der Waals surface area contributed by atoms with Crippen LogP contribution in [0, 0.1) is 0 Å². The van der Waals surface area contributed by atoms with Gasteiger partial charge in [0.25, 0.3) is 0 Å². The third-order valence-electron chi connectivity index (χ3n) is 1.62. The number of hydrogen-bond donors (Lipinski definition) is 0. The van der Waals surface area contributed by atoms with E-state index < -0.39 is 20.2 Å². The summed E-state index contributed by atoms with van der Waals surface area (Å²) in [6, 6.07) is 0. The van der Waals surface area contributed by atoms with Crippen molar-refractivity contribution in [2.45, 2.75) is 53.1 Å². The van der Waals surface area contributed by atoms with Crippen molar-refractivity contribution in [3.63, 3.8) is 0 Å². The predicted molar refractivity (Wildman–Crippen MR) is 51.0 cm³/mol. The molecule has 0 N–H and O–H groups in total. The van der Waals surface area contributed by atoms with Gasteiger partial charge in [-0.25, -0.2) is 0 Å². The SMILES string of the molecule is CC[CH2][Sb]([CH2]CC)[CH2]CC. The van der Waals surface area contributed by atoms with Gasteiger partial charge in [0, 0.05) is 0 Å². The van der Waals surface area contributed by atoms with Crippen molar-refractivity contribution in [3.8, 4) is 0 Å². The van der Waals surface area contributed by atoms with Crippen molar-refractivity contribution in [1.82, 2.24) is 0 Å². The van der Waals surface area contributed by atoms with Crippen LogP contribution in [0.1, 0.15) is 40.0 Å². The van der Waals surface area contributed by atoms with E-state index in [0.717, 1.165) is 0 Å². The minimum absolute atomic E-state index is 0.638. The fraction of sp³-hybridized carbons (Fsp3) is 1.00. The number of rotatable bonds is 6. The molecule has 0 spiro atoms. The van der Waals surface area contributed by atoms with Crippen LogP contribution in [0.2, 0.25) is 13.1 Å². The molecule has 0 aromatic rings. The van der Waals surface area contributed by atoms with Gasteiger partial charge in [-0.15, -0.1) is 0 Å². The van der Waals surface area contributed by atoms with E-state index in [1.807, 2.05) is 0 Å². The second-order valence-electron chi connectivity index (χ2n) is 2.84. The topological polar surface area (TPSA) is 0 Å². The molecule has 0 aliphatic carbocycles. The second kappa shape index (κ2) is 7.92. The molecule has 0 amide bonds. The summed E-state index contributed by atoms with van der Waals surface area (Å²) in [5.74, 6) is 0. The van der Waals surface area contributed by atoms with Gasteiger partial charge in [-0.1, -0.05) is 0 Å². The van der Waals surface area contributed by atoms with Gasteiger partial charge in [0.15, 0.2) is 0 Å². The Hall–Kier alpha value is 0.818. The van der Waals surface area contributed by atoms with Crippen LogP contribution in [0.3, 0.4) is 0 Å². The number of hydrogen-bond acceptors (Lipinski definition) is 0. The Labute approximate surface area is 73.4 Å². The average Bonchev–Trinajstić information content (AvgIpc) is 1.90. The molecular weight excluding hydrogens is 230 g/mol. The van der Waals surface area contributed by atoms with Crippen LogP contribution < -0.4 is 0 Å². The summed E-state index contributed by atoms with van der Waals surface area (Å²) < 4.78 is 4.89. The van der Waals surface area contributed by atoms with Gasteiger partial charge in [0.05, 0.1) is 0 Å². The Morgan fingerprint density at radius 1 is 0.700 bits per heavy atom. The van der Waals surface area contributed by atoms with Gasteiger partial charge in [-0.2, -0.15) is 0 Å². The second-order valence-corrected chi connectivity index (χ2v) is 10.5. The Kier molecular flexibility index (Phi) is 8.57. The minimum atomic E-state index is -0.638. The molecule has 0 heterocycles. The van der Waals surface area contributed by atoms with Crippen LogP contribution in [0.5, 0.6) is 0 Å². The van der Waals surface area contributed by atoms with Crippen molar-refractivity contribution in [2.75, 3.05) is 0 Å². The zero-order valence-corrected chi connectivity index (χ0v) is 10.2. The van der Waals surface area contributed by atoms with Crippen LogP contribution in [0.4, 0.5) is 0 Å². The van der Waals surface area contributed by atoms with Crippen LogP contribution in [0.15, 0.2) is 0 Å². The average molecular weight is 251 g/mol. The molecule has 0 fully saturated rings. The van der Waals surface area contributed by atoms with Crippen LogP contribution in [0.25, 0.3) is 0 Å². The van der Waals surface area contributed by atoms with Crippen LogP contribution in [-0.2, 0) is 0 Å². The van der Waals surface area contributed by atoms with Crippen molar-refractivity contribution in [2.24, 2.45) is 0 Å². The van der Waals surface area contributed by atoms with E-state index in [1.165, 1.54) is 19.3 Å². The molecule has 0 aliphatic heterocycles. The summed E-state index contributed by atoms with van der Waals surface area (Å²) in [6.07, 6.45) is 4.34. The molecule has 0 rings (SSSR count). The molecule has 0 aromatic carbocycles. The van der Waals surface area contributed by atoms with E-state index in [-0.39, 0.29) is 0 Å². The van der Waals surface area contributed by atoms with E-state index in [9.17, 15) is 0 Å². The summed E-state index contributed by atoms with van der Waals surface area (Å²) >= 11 is -0.638. The van der Waals surface area contributed by atoms with E-state index in [4.69, 9.17) is 0 Å². The third-order valence-corrected chi connectivity index (χ3v) is 10.9. The standard InChI is InChI=1S/3C3H7.Sb/c3*1-3-2;/h3*1,3H2,2H3;. The summed E-state index contributed by atoms with van der Waals surface area (Å²) in [5, 5.41) is 0. The summed E-state index contributed by atoms with van der Waals surface area (Å²) in [5.41, 5.74) is 0. The molecule has 0 nitrogen and oxygen atoms in total. The first-order valence-corrected chi connectivity index (χ1v) is 9.99. The Balaban J connectivity index is 3.30. The predicted octanol–water partition coefficient (Wildman–Crippen LogP) is 3.71. The first-order valence-electron chi connectivity index (χ1n) is 4.57. The fourth-order valence-electron chi connectivity index (χ4n) is 1.28.